The predicted octanol–water partition coefficient (Wildman–Crippen LogP) is 4.00. The highest BCUT2D eigenvalue weighted by Gasteiger charge is 2.69. The standard InChI is InChI=1S/C28H24N2O6S2/c1-2-36-27(34)13-3-7-14(8-4-13)30-25(32)20-16-11-17(21(20)26(30)33)22-19(16)18(12-5-9-15(31)10-6-12)23-24(37-22)29-28(35)38-23/h3-10,16-22,31H,2,11H2,1H3,(H,29,35)/t16?,17?,18-,19?,20?,21?,22?/m1/s1. The van der Waals surface area contributed by atoms with Gasteiger partial charge in [0.05, 0.1) is 34.7 Å². The lowest BCUT2D eigenvalue weighted by Crippen LogP contribution is -2.42. The van der Waals surface area contributed by atoms with Crippen LogP contribution < -0.4 is 9.77 Å². The molecule has 4 aliphatic rings. The molecule has 2 aromatic carbocycles. The van der Waals surface area contributed by atoms with E-state index in [1.807, 2.05) is 12.1 Å². The van der Waals surface area contributed by atoms with Crippen molar-refractivity contribution in [3.8, 4) is 5.75 Å². The number of hydrogen-bond donors (Lipinski definition) is 2. The van der Waals surface area contributed by atoms with Crippen LogP contribution in [0.3, 0.4) is 0 Å². The number of rotatable bonds is 4. The molecule has 2 saturated carbocycles. The van der Waals surface area contributed by atoms with Crippen molar-refractivity contribution in [2.45, 2.75) is 29.5 Å². The van der Waals surface area contributed by atoms with Crippen molar-refractivity contribution < 1.29 is 24.2 Å². The molecule has 2 bridgehead atoms. The second-order valence-corrected chi connectivity index (χ2v) is 12.5. The molecule has 194 valence electrons. The van der Waals surface area contributed by atoms with Crippen molar-refractivity contribution in [3.05, 3.63) is 74.2 Å². The molecule has 3 fully saturated rings. The number of anilines is 1. The number of nitrogens with zero attached hydrogens (tertiary/aromatic N) is 1. The molecule has 2 N–H and O–H groups in total. The van der Waals surface area contributed by atoms with E-state index in [-0.39, 0.29) is 58.0 Å². The Hall–Kier alpha value is -3.37. The van der Waals surface area contributed by atoms with Crippen molar-refractivity contribution in [3.63, 3.8) is 0 Å². The van der Waals surface area contributed by atoms with E-state index >= 15 is 0 Å². The molecule has 10 heteroatoms. The molecule has 1 saturated heterocycles. The van der Waals surface area contributed by atoms with E-state index < -0.39 is 17.8 Å². The molecular weight excluding hydrogens is 524 g/mol. The van der Waals surface area contributed by atoms with Gasteiger partial charge in [-0.25, -0.2) is 4.79 Å². The maximum atomic E-state index is 13.8. The maximum Gasteiger partial charge on any atom is 0.338 e. The number of carbonyl (C=O) groups is 3. The summed E-state index contributed by atoms with van der Waals surface area (Å²) in [7, 11) is 0. The van der Waals surface area contributed by atoms with Gasteiger partial charge in [-0.15, -0.1) is 11.8 Å². The minimum Gasteiger partial charge on any atom is -0.508 e. The number of hydrogen-bond acceptors (Lipinski definition) is 8. The number of thiazole rings is 1. The molecule has 2 amide bonds. The van der Waals surface area contributed by atoms with Gasteiger partial charge in [-0.05, 0) is 73.1 Å². The van der Waals surface area contributed by atoms with E-state index in [9.17, 15) is 24.3 Å². The van der Waals surface area contributed by atoms with Crippen molar-refractivity contribution in [2.75, 3.05) is 11.5 Å². The SMILES string of the molecule is CCOC(=O)c1ccc(N2C(=O)C3C4CC(C3C2=O)C2C4Sc3[nH]c(=O)sc3[C@@H]2c2ccc(O)cc2)cc1. The summed E-state index contributed by atoms with van der Waals surface area (Å²) in [5.74, 6) is -1.39. The Bertz CT molecular complexity index is 1530. The summed E-state index contributed by atoms with van der Waals surface area (Å²) >= 11 is 2.85. The zero-order chi connectivity index (χ0) is 26.3. The molecule has 7 atom stereocenters. The minimum atomic E-state index is -0.445. The van der Waals surface area contributed by atoms with Crippen LogP contribution in [0.25, 0.3) is 0 Å². The van der Waals surface area contributed by atoms with Crippen LogP contribution in [-0.4, -0.2) is 39.7 Å². The number of thioether (sulfide) groups is 1. The van der Waals surface area contributed by atoms with E-state index in [2.05, 4.69) is 4.98 Å². The Balaban J connectivity index is 1.25. The van der Waals surface area contributed by atoms with E-state index in [4.69, 9.17) is 4.74 Å². The van der Waals surface area contributed by atoms with Crippen molar-refractivity contribution >= 4 is 46.6 Å². The highest BCUT2D eigenvalue weighted by molar-refractivity contribution is 8.00. The molecule has 1 aromatic heterocycles. The summed E-state index contributed by atoms with van der Waals surface area (Å²) in [5, 5.41) is 10.8. The summed E-state index contributed by atoms with van der Waals surface area (Å²) < 4.78 is 5.04. The molecule has 2 aliphatic heterocycles. The number of ether oxygens (including phenoxy) is 1. The first kappa shape index (κ1) is 23.7. The van der Waals surface area contributed by atoms with Gasteiger partial charge < -0.3 is 14.8 Å². The highest BCUT2D eigenvalue weighted by atomic mass is 32.2. The Kier molecular flexibility index (Phi) is 5.35. The Morgan fingerprint density at radius 2 is 1.71 bits per heavy atom. The predicted molar refractivity (Wildman–Crippen MR) is 141 cm³/mol. The molecule has 3 heterocycles. The molecule has 3 aromatic rings. The number of benzene rings is 2. The highest BCUT2D eigenvalue weighted by Crippen LogP contribution is 2.68. The van der Waals surface area contributed by atoms with E-state index in [1.165, 1.54) is 16.2 Å². The zero-order valence-corrected chi connectivity index (χ0v) is 22.0. The lowest BCUT2D eigenvalue weighted by Gasteiger charge is -2.43. The van der Waals surface area contributed by atoms with Crippen LogP contribution in [0.1, 0.15) is 40.1 Å². The number of carbonyl (C=O) groups excluding carboxylic acids is 3. The van der Waals surface area contributed by atoms with E-state index in [1.54, 1.807) is 55.1 Å². The van der Waals surface area contributed by atoms with Gasteiger partial charge in [-0.2, -0.15) is 0 Å². The van der Waals surface area contributed by atoms with Gasteiger partial charge >= 0.3 is 10.8 Å². The van der Waals surface area contributed by atoms with Crippen LogP contribution in [0.5, 0.6) is 5.75 Å². The molecule has 0 radical (unpaired) electrons. The molecular formula is C28H24N2O6S2. The molecule has 2 aliphatic carbocycles. The number of H-pyrrole nitrogens is 1. The average molecular weight is 549 g/mol. The smallest absolute Gasteiger partial charge is 0.338 e. The second-order valence-electron chi connectivity index (χ2n) is 10.3. The number of amides is 2. The maximum absolute atomic E-state index is 13.8. The summed E-state index contributed by atoms with van der Waals surface area (Å²) in [6.07, 6.45) is 0.804. The van der Waals surface area contributed by atoms with Crippen molar-refractivity contribution in [1.82, 2.24) is 4.98 Å². The number of phenols is 1. The number of esters is 1. The molecule has 7 rings (SSSR count). The van der Waals surface area contributed by atoms with Crippen LogP contribution >= 0.6 is 23.1 Å². The number of nitrogens with one attached hydrogen (secondary N) is 1. The fraction of sp³-hybridized carbons (Fsp3) is 0.357. The monoisotopic (exact) mass is 548 g/mol. The van der Waals surface area contributed by atoms with Gasteiger partial charge in [0.25, 0.3) is 0 Å². The number of imide groups is 1. The van der Waals surface area contributed by atoms with Crippen molar-refractivity contribution in [1.29, 1.82) is 0 Å². The fourth-order valence-corrected chi connectivity index (χ4v) is 10.2. The number of fused-ring (bicyclic) bond motifs is 9. The van der Waals surface area contributed by atoms with Gasteiger partial charge in [0, 0.05) is 16.0 Å². The van der Waals surface area contributed by atoms with E-state index in [0.29, 0.717) is 11.3 Å². The van der Waals surface area contributed by atoms with Crippen LogP contribution in [0.15, 0.2) is 58.4 Å². The Labute approximate surface area is 226 Å². The van der Waals surface area contributed by atoms with E-state index in [0.717, 1.165) is 21.9 Å². The molecule has 8 nitrogen and oxygen atoms in total. The van der Waals surface area contributed by atoms with Crippen LogP contribution in [0.4, 0.5) is 5.69 Å². The topological polar surface area (TPSA) is 117 Å². The van der Waals surface area contributed by atoms with Crippen molar-refractivity contribution in [2.24, 2.45) is 29.6 Å². The minimum absolute atomic E-state index is 0.00640. The second kappa shape index (κ2) is 8.57. The number of aromatic nitrogens is 1. The lowest BCUT2D eigenvalue weighted by atomic mass is 9.68. The zero-order valence-electron chi connectivity index (χ0n) is 20.3. The average Bonchev–Trinajstić information content (AvgIpc) is 3.64. The third kappa shape index (κ3) is 3.29. The number of phenolic OH excluding ortho intramolecular Hbond substituents is 1. The number of aromatic amines is 1. The molecule has 38 heavy (non-hydrogen) atoms. The van der Waals surface area contributed by atoms with Crippen LogP contribution in [-0.2, 0) is 14.3 Å². The van der Waals surface area contributed by atoms with Gasteiger partial charge in [-0.3, -0.25) is 19.3 Å². The Morgan fingerprint density at radius 1 is 1.03 bits per heavy atom. The lowest BCUT2D eigenvalue weighted by molar-refractivity contribution is -0.123. The third-order valence-corrected chi connectivity index (χ3v) is 11.2. The summed E-state index contributed by atoms with van der Waals surface area (Å²) in [5.41, 5.74) is 1.84. The first-order valence-corrected chi connectivity index (χ1v) is 14.4. The van der Waals surface area contributed by atoms with Crippen LogP contribution in [0, 0.1) is 29.6 Å². The summed E-state index contributed by atoms with van der Waals surface area (Å²) in [6.45, 7) is 2.00. The third-order valence-electron chi connectivity index (χ3n) is 8.61. The summed E-state index contributed by atoms with van der Waals surface area (Å²) in [4.78, 5) is 57.2. The van der Waals surface area contributed by atoms with Gasteiger partial charge in [0.15, 0.2) is 0 Å². The van der Waals surface area contributed by atoms with Gasteiger partial charge in [0.2, 0.25) is 11.8 Å². The first-order chi connectivity index (χ1) is 18.4. The van der Waals surface area contributed by atoms with Gasteiger partial charge in [0.1, 0.15) is 5.75 Å². The quantitative estimate of drug-likeness (QED) is 0.374. The molecule has 6 unspecified atom stereocenters. The Morgan fingerprint density at radius 3 is 2.39 bits per heavy atom. The fourth-order valence-electron chi connectivity index (χ4n) is 7.29. The normalized spacial score (nSPS) is 30.8. The van der Waals surface area contributed by atoms with Gasteiger partial charge in [-0.1, -0.05) is 23.5 Å². The summed E-state index contributed by atoms with van der Waals surface area (Å²) in [6, 6.07) is 13.5. The van der Waals surface area contributed by atoms with Crippen LogP contribution in [0.2, 0.25) is 0 Å². The number of aromatic hydroxyl groups is 1. The molecule has 0 spiro atoms. The first-order valence-electron chi connectivity index (χ1n) is 12.7. The largest absolute Gasteiger partial charge is 0.508 e.